The van der Waals surface area contributed by atoms with Crippen LogP contribution in [0.4, 0.5) is 0 Å². The van der Waals surface area contributed by atoms with Crippen LogP contribution in [-0.4, -0.2) is 42.3 Å². The Morgan fingerprint density at radius 1 is 1.18 bits per heavy atom. The Hall–Kier alpha value is -0.200. The summed E-state index contributed by atoms with van der Waals surface area (Å²) in [6, 6.07) is 0. The van der Waals surface area contributed by atoms with Crippen molar-refractivity contribution in [3.05, 3.63) is 0 Å². The summed E-state index contributed by atoms with van der Waals surface area (Å²) in [5, 5.41) is 18.0. The van der Waals surface area contributed by atoms with Crippen LogP contribution in [0.3, 0.4) is 0 Å². The molecule has 0 amide bonds. The van der Waals surface area contributed by atoms with E-state index >= 15 is 0 Å². The minimum Gasteiger partial charge on any atom is -0.366 e. The van der Waals surface area contributed by atoms with Gasteiger partial charge in [0.1, 0.15) is 6.10 Å². The molecule has 1 aliphatic rings. The predicted molar refractivity (Wildman–Crippen MR) is 34.4 cm³/mol. The van der Waals surface area contributed by atoms with Crippen molar-refractivity contribution in [2.24, 2.45) is 0 Å². The highest BCUT2D eigenvalue weighted by atomic mass is 16.8. The van der Waals surface area contributed by atoms with E-state index in [2.05, 4.69) is 4.74 Å². The number of rotatable bonds is 1. The van der Waals surface area contributed by atoms with Crippen LogP contribution in [0.2, 0.25) is 0 Å². The van der Waals surface area contributed by atoms with Crippen molar-refractivity contribution < 1.29 is 24.4 Å². The van der Waals surface area contributed by atoms with Crippen molar-refractivity contribution in [3.63, 3.8) is 0 Å². The molecule has 5 nitrogen and oxygen atoms in total. The summed E-state index contributed by atoms with van der Waals surface area (Å²) in [5.41, 5.74) is 0. The largest absolute Gasteiger partial charge is 0.366 e. The van der Waals surface area contributed by atoms with Crippen LogP contribution in [0, 0.1) is 0 Å². The average molecular weight is 164 g/mol. The molecule has 0 bridgehead atoms. The number of methoxy groups -OCH3 is 1. The summed E-state index contributed by atoms with van der Waals surface area (Å²) in [6.45, 7) is 1.63. The van der Waals surface area contributed by atoms with Crippen LogP contribution in [-0.2, 0) is 14.2 Å². The lowest BCUT2D eigenvalue weighted by Crippen LogP contribution is -2.48. The minimum atomic E-state index is -1.22. The molecule has 5 heteroatoms. The fraction of sp³-hybridized carbons (Fsp3) is 1.00. The molecular formula is C6H12O5. The first-order valence-electron chi connectivity index (χ1n) is 3.35. The molecule has 11 heavy (non-hydrogen) atoms. The van der Waals surface area contributed by atoms with Crippen molar-refractivity contribution >= 4 is 0 Å². The highest BCUT2D eigenvalue weighted by molar-refractivity contribution is 4.64. The van der Waals surface area contributed by atoms with E-state index in [1.807, 2.05) is 0 Å². The Kier molecular flexibility index (Phi) is 2.80. The van der Waals surface area contributed by atoms with Gasteiger partial charge in [-0.05, 0) is 6.92 Å². The fourth-order valence-corrected chi connectivity index (χ4v) is 0.836. The number of hydrogen-bond donors (Lipinski definition) is 2. The summed E-state index contributed by atoms with van der Waals surface area (Å²) < 4.78 is 14.4. The van der Waals surface area contributed by atoms with Crippen LogP contribution in [0.5, 0.6) is 0 Å². The second-order valence-corrected chi connectivity index (χ2v) is 2.36. The zero-order chi connectivity index (χ0) is 8.43. The summed E-state index contributed by atoms with van der Waals surface area (Å²) in [6.07, 6.45) is -3.60. The van der Waals surface area contributed by atoms with Crippen molar-refractivity contribution in [1.29, 1.82) is 0 Å². The molecule has 1 rings (SSSR count). The fourth-order valence-electron chi connectivity index (χ4n) is 0.836. The molecule has 0 aromatic heterocycles. The summed E-state index contributed by atoms with van der Waals surface area (Å²) >= 11 is 0. The smallest absolute Gasteiger partial charge is 0.209 e. The van der Waals surface area contributed by atoms with E-state index in [9.17, 15) is 0 Å². The van der Waals surface area contributed by atoms with E-state index < -0.39 is 25.0 Å². The van der Waals surface area contributed by atoms with E-state index in [0.717, 1.165) is 0 Å². The van der Waals surface area contributed by atoms with Gasteiger partial charge in [0.2, 0.25) is 12.6 Å². The van der Waals surface area contributed by atoms with Crippen LogP contribution in [0.25, 0.3) is 0 Å². The number of aliphatic hydroxyl groups is 2. The van der Waals surface area contributed by atoms with E-state index in [4.69, 9.17) is 19.7 Å². The quantitative estimate of drug-likeness (QED) is 0.522. The zero-order valence-corrected chi connectivity index (χ0v) is 6.43. The first-order chi connectivity index (χ1) is 5.15. The molecule has 1 heterocycles. The maximum absolute atomic E-state index is 9.02. The van der Waals surface area contributed by atoms with E-state index in [1.54, 1.807) is 6.92 Å². The molecule has 0 aromatic carbocycles. The van der Waals surface area contributed by atoms with Gasteiger partial charge in [-0.2, -0.15) is 0 Å². The zero-order valence-electron chi connectivity index (χ0n) is 6.43. The third-order valence-corrected chi connectivity index (χ3v) is 1.49. The molecule has 0 saturated carbocycles. The van der Waals surface area contributed by atoms with Crippen LogP contribution >= 0.6 is 0 Å². The van der Waals surface area contributed by atoms with E-state index in [0.29, 0.717) is 0 Å². The molecule has 1 fully saturated rings. The number of hydrogen-bond acceptors (Lipinski definition) is 5. The lowest BCUT2D eigenvalue weighted by molar-refractivity contribution is -0.377. The second kappa shape index (κ2) is 3.46. The SMILES string of the molecule is CO[C@H]1O[C@H](C)[C@H](O)O[C@H]1O. The highest BCUT2D eigenvalue weighted by Gasteiger charge is 2.34. The van der Waals surface area contributed by atoms with Crippen molar-refractivity contribution in [1.82, 2.24) is 0 Å². The van der Waals surface area contributed by atoms with Crippen molar-refractivity contribution in [2.75, 3.05) is 7.11 Å². The Balaban J connectivity index is 2.48. The number of aliphatic hydroxyl groups excluding tert-OH is 2. The van der Waals surface area contributed by atoms with Gasteiger partial charge >= 0.3 is 0 Å². The molecule has 66 valence electrons. The first kappa shape index (κ1) is 8.89. The van der Waals surface area contributed by atoms with E-state index in [-0.39, 0.29) is 0 Å². The molecule has 0 unspecified atom stereocenters. The van der Waals surface area contributed by atoms with Gasteiger partial charge in [-0.1, -0.05) is 0 Å². The molecule has 1 saturated heterocycles. The standard InChI is InChI=1S/C6H12O5/c1-3-4(7)11-5(8)6(9-2)10-3/h3-8H,1-2H3/t3-,4-,5-,6+/m1/s1. The molecule has 1 aliphatic heterocycles. The van der Waals surface area contributed by atoms with Gasteiger partial charge in [-0.15, -0.1) is 0 Å². The minimum absolute atomic E-state index is 0.483. The Labute approximate surface area is 64.5 Å². The average Bonchev–Trinajstić information content (AvgIpc) is 1.97. The molecule has 2 N–H and O–H groups in total. The van der Waals surface area contributed by atoms with Crippen LogP contribution < -0.4 is 0 Å². The lowest BCUT2D eigenvalue weighted by Gasteiger charge is -2.34. The van der Waals surface area contributed by atoms with Crippen LogP contribution in [0.1, 0.15) is 6.92 Å². The second-order valence-electron chi connectivity index (χ2n) is 2.36. The molecule has 0 aromatic rings. The number of ether oxygens (including phenoxy) is 3. The third kappa shape index (κ3) is 1.88. The van der Waals surface area contributed by atoms with Gasteiger partial charge in [0.25, 0.3) is 0 Å². The van der Waals surface area contributed by atoms with E-state index in [1.165, 1.54) is 7.11 Å². The molecule has 4 atom stereocenters. The topological polar surface area (TPSA) is 68.2 Å². The Morgan fingerprint density at radius 2 is 1.82 bits per heavy atom. The Bertz CT molecular complexity index is 128. The van der Waals surface area contributed by atoms with Gasteiger partial charge in [-0.3, -0.25) is 0 Å². The summed E-state index contributed by atoms with van der Waals surface area (Å²) in [4.78, 5) is 0. The van der Waals surface area contributed by atoms with Gasteiger partial charge in [0.05, 0.1) is 0 Å². The molecule has 0 aliphatic carbocycles. The van der Waals surface area contributed by atoms with Gasteiger partial charge in [0.15, 0.2) is 6.29 Å². The van der Waals surface area contributed by atoms with Gasteiger partial charge in [-0.25, -0.2) is 0 Å². The normalized spacial score (nSPS) is 45.8. The van der Waals surface area contributed by atoms with Gasteiger partial charge < -0.3 is 24.4 Å². The van der Waals surface area contributed by atoms with Gasteiger partial charge in [0, 0.05) is 7.11 Å². The summed E-state index contributed by atoms with van der Waals surface area (Å²) in [7, 11) is 1.39. The maximum atomic E-state index is 9.02. The lowest BCUT2D eigenvalue weighted by atomic mass is 10.3. The third-order valence-electron chi connectivity index (χ3n) is 1.49. The molecular weight excluding hydrogens is 152 g/mol. The summed E-state index contributed by atoms with van der Waals surface area (Å²) in [5.74, 6) is 0. The molecule has 0 spiro atoms. The highest BCUT2D eigenvalue weighted by Crippen LogP contribution is 2.17. The first-order valence-corrected chi connectivity index (χ1v) is 3.35. The maximum Gasteiger partial charge on any atom is 0.209 e. The van der Waals surface area contributed by atoms with Crippen molar-refractivity contribution in [2.45, 2.75) is 31.9 Å². The Morgan fingerprint density at radius 3 is 2.36 bits per heavy atom. The molecule has 0 radical (unpaired) electrons. The van der Waals surface area contributed by atoms with Crippen LogP contribution in [0.15, 0.2) is 0 Å². The monoisotopic (exact) mass is 164 g/mol. The van der Waals surface area contributed by atoms with Crippen molar-refractivity contribution in [3.8, 4) is 0 Å². The predicted octanol–water partition coefficient (Wildman–Crippen LogP) is -0.969.